The molecule has 36 heavy (non-hydrogen) atoms. The van der Waals surface area contributed by atoms with Gasteiger partial charge < -0.3 is 5.32 Å². The molecule has 0 saturated carbocycles. The first-order valence-corrected chi connectivity index (χ1v) is 14.3. The van der Waals surface area contributed by atoms with Crippen LogP contribution in [0.1, 0.15) is 5.56 Å². The number of nitro benzene ring substituents is 1. The minimum atomic E-state index is -3.97. The summed E-state index contributed by atoms with van der Waals surface area (Å²) >= 11 is 3.27. The van der Waals surface area contributed by atoms with Crippen LogP contribution >= 0.6 is 15.9 Å². The number of carbonyl (C=O) groups is 1. The standard InChI is InChI=1S/C22H21BrN4O7S2/c1-15-3-10-19(27(29)30)13-21(15)26(35(2,31)32)14-22(28)24-17-8-11-20(12-9-17)36(33,34)25-18-6-4-16(23)5-7-18/h3-13,25H,14H2,1-2H3,(H,24,28). The van der Waals surface area contributed by atoms with Crippen molar-refractivity contribution in [3.8, 4) is 0 Å². The van der Waals surface area contributed by atoms with Crippen LogP contribution in [0.15, 0.2) is 76.1 Å². The Labute approximate surface area is 216 Å². The molecule has 0 fully saturated rings. The second-order valence-electron chi connectivity index (χ2n) is 7.68. The number of nitrogens with one attached hydrogen (secondary N) is 2. The molecule has 190 valence electrons. The lowest BCUT2D eigenvalue weighted by Gasteiger charge is -2.23. The molecule has 3 aromatic carbocycles. The Kier molecular flexibility index (Phi) is 8.01. The van der Waals surface area contributed by atoms with Gasteiger partial charge in [-0.2, -0.15) is 0 Å². The van der Waals surface area contributed by atoms with Crippen LogP contribution < -0.4 is 14.3 Å². The van der Waals surface area contributed by atoms with E-state index < -0.39 is 37.4 Å². The fourth-order valence-electron chi connectivity index (χ4n) is 3.14. The maximum Gasteiger partial charge on any atom is 0.271 e. The minimum absolute atomic E-state index is 0.00214. The monoisotopic (exact) mass is 596 g/mol. The van der Waals surface area contributed by atoms with Crippen molar-refractivity contribution >= 4 is 64.6 Å². The molecule has 1 amide bonds. The number of rotatable bonds is 9. The Hall–Kier alpha value is -3.49. The predicted octanol–water partition coefficient (Wildman–Crippen LogP) is 3.87. The van der Waals surface area contributed by atoms with Gasteiger partial charge in [0.2, 0.25) is 15.9 Å². The zero-order valence-electron chi connectivity index (χ0n) is 19.0. The lowest BCUT2D eigenvalue weighted by atomic mass is 10.2. The second-order valence-corrected chi connectivity index (χ2v) is 12.2. The number of halogens is 1. The summed E-state index contributed by atoms with van der Waals surface area (Å²) in [6.07, 6.45) is 0.886. The van der Waals surface area contributed by atoms with Crippen LogP contribution in [0.25, 0.3) is 0 Å². The van der Waals surface area contributed by atoms with Gasteiger partial charge in [-0.15, -0.1) is 0 Å². The average molecular weight is 597 g/mol. The lowest BCUT2D eigenvalue weighted by molar-refractivity contribution is -0.384. The molecule has 2 N–H and O–H groups in total. The highest BCUT2D eigenvalue weighted by Crippen LogP contribution is 2.27. The highest BCUT2D eigenvalue weighted by molar-refractivity contribution is 9.10. The molecule has 3 aromatic rings. The summed E-state index contributed by atoms with van der Waals surface area (Å²) in [4.78, 5) is 23.1. The van der Waals surface area contributed by atoms with Gasteiger partial charge >= 0.3 is 0 Å². The summed E-state index contributed by atoms with van der Waals surface area (Å²) in [5, 5.41) is 13.6. The van der Waals surface area contributed by atoms with Gasteiger partial charge in [0.15, 0.2) is 0 Å². The van der Waals surface area contributed by atoms with E-state index in [0.717, 1.165) is 21.1 Å². The average Bonchev–Trinajstić information content (AvgIpc) is 2.79. The quantitative estimate of drug-likeness (QED) is 0.280. The second kappa shape index (κ2) is 10.6. The molecule has 0 atom stereocenters. The van der Waals surface area contributed by atoms with Crippen molar-refractivity contribution in [2.75, 3.05) is 27.1 Å². The molecule has 0 aliphatic heterocycles. The van der Waals surface area contributed by atoms with Gasteiger partial charge in [-0.25, -0.2) is 16.8 Å². The van der Waals surface area contributed by atoms with Crippen molar-refractivity contribution in [1.82, 2.24) is 0 Å². The fourth-order valence-corrected chi connectivity index (χ4v) is 5.37. The van der Waals surface area contributed by atoms with E-state index in [1.807, 2.05) is 0 Å². The van der Waals surface area contributed by atoms with Crippen molar-refractivity contribution in [3.05, 3.63) is 86.9 Å². The molecule has 0 heterocycles. The van der Waals surface area contributed by atoms with E-state index in [9.17, 15) is 31.7 Å². The molecule has 14 heteroatoms. The van der Waals surface area contributed by atoms with Crippen LogP contribution in [-0.2, 0) is 24.8 Å². The first-order valence-electron chi connectivity index (χ1n) is 10.2. The molecule has 0 aromatic heterocycles. The van der Waals surface area contributed by atoms with Gasteiger partial charge in [-0.05, 0) is 61.0 Å². The van der Waals surface area contributed by atoms with Gasteiger partial charge in [-0.3, -0.25) is 23.9 Å². The molecule has 0 saturated heterocycles. The van der Waals surface area contributed by atoms with Crippen molar-refractivity contribution in [2.45, 2.75) is 11.8 Å². The smallest absolute Gasteiger partial charge is 0.271 e. The third-order valence-corrected chi connectivity index (χ3v) is 7.96. The normalized spacial score (nSPS) is 11.5. The molecule has 0 bridgehead atoms. The largest absolute Gasteiger partial charge is 0.325 e. The molecule has 0 unspecified atom stereocenters. The number of anilines is 3. The van der Waals surface area contributed by atoms with E-state index in [1.54, 1.807) is 31.2 Å². The summed E-state index contributed by atoms with van der Waals surface area (Å²) in [6, 6.07) is 15.6. The lowest BCUT2D eigenvalue weighted by Crippen LogP contribution is -2.37. The predicted molar refractivity (Wildman–Crippen MR) is 140 cm³/mol. The van der Waals surface area contributed by atoms with E-state index >= 15 is 0 Å². The van der Waals surface area contributed by atoms with E-state index in [1.165, 1.54) is 36.4 Å². The minimum Gasteiger partial charge on any atom is -0.325 e. The molecule has 0 spiro atoms. The third kappa shape index (κ3) is 6.80. The summed E-state index contributed by atoms with van der Waals surface area (Å²) in [5.41, 5.74) is 0.701. The van der Waals surface area contributed by atoms with E-state index in [-0.39, 0.29) is 22.0 Å². The highest BCUT2D eigenvalue weighted by atomic mass is 79.9. The maximum atomic E-state index is 12.6. The van der Waals surface area contributed by atoms with Crippen LogP contribution in [0.5, 0.6) is 0 Å². The number of benzene rings is 3. The molecule has 0 aliphatic rings. The zero-order chi connectivity index (χ0) is 26.7. The number of non-ortho nitro benzene ring substituents is 1. The van der Waals surface area contributed by atoms with Gasteiger partial charge in [0.05, 0.1) is 21.8 Å². The number of nitro groups is 1. The van der Waals surface area contributed by atoms with Crippen molar-refractivity contribution < 1.29 is 26.6 Å². The van der Waals surface area contributed by atoms with Crippen molar-refractivity contribution in [2.24, 2.45) is 0 Å². The number of nitrogens with zero attached hydrogens (tertiary/aromatic N) is 2. The van der Waals surface area contributed by atoms with E-state index in [0.29, 0.717) is 11.3 Å². The maximum absolute atomic E-state index is 12.6. The van der Waals surface area contributed by atoms with Crippen molar-refractivity contribution in [1.29, 1.82) is 0 Å². The van der Waals surface area contributed by atoms with Crippen LogP contribution in [0.4, 0.5) is 22.7 Å². The van der Waals surface area contributed by atoms with Crippen molar-refractivity contribution in [3.63, 3.8) is 0 Å². The summed E-state index contributed by atoms with van der Waals surface area (Å²) < 4.78 is 54.0. The number of amides is 1. The summed E-state index contributed by atoms with van der Waals surface area (Å²) in [6.45, 7) is 0.919. The van der Waals surface area contributed by atoms with Gasteiger partial charge in [-0.1, -0.05) is 22.0 Å². The van der Waals surface area contributed by atoms with Crippen LogP contribution in [-0.4, -0.2) is 40.5 Å². The number of aryl methyl sites for hydroxylation is 1. The molecule has 11 nitrogen and oxygen atoms in total. The Balaban J connectivity index is 1.76. The zero-order valence-corrected chi connectivity index (χ0v) is 22.2. The van der Waals surface area contributed by atoms with Crippen LogP contribution in [0.3, 0.4) is 0 Å². The molecule has 0 radical (unpaired) electrons. The van der Waals surface area contributed by atoms with Crippen LogP contribution in [0.2, 0.25) is 0 Å². The Morgan fingerprint density at radius 3 is 2.11 bits per heavy atom. The van der Waals surface area contributed by atoms with Gasteiger partial charge in [0.1, 0.15) is 6.54 Å². The van der Waals surface area contributed by atoms with Gasteiger partial charge in [0, 0.05) is 28.0 Å². The first kappa shape index (κ1) is 27.1. The summed E-state index contributed by atoms with van der Waals surface area (Å²) in [7, 11) is -7.85. The fraction of sp³-hybridized carbons (Fsp3) is 0.136. The van der Waals surface area contributed by atoms with Gasteiger partial charge in [0.25, 0.3) is 15.7 Å². The molecule has 0 aliphatic carbocycles. The third-order valence-electron chi connectivity index (χ3n) is 4.90. The van der Waals surface area contributed by atoms with E-state index in [4.69, 9.17) is 0 Å². The number of carbonyl (C=O) groups excluding carboxylic acids is 1. The Bertz CT molecular complexity index is 1510. The SMILES string of the molecule is Cc1ccc([N+](=O)[O-])cc1N(CC(=O)Nc1ccc(S(=O)(=O)Nc2ccc(Br)cc2)cc1)S(C)(=O)=O. The number of sulfonamides is 2. The Morgan fingerprint density at radius 2 is 1.56 bits per heavy atom. The van der Waals surface area contributed by atoms with E-state index in [2.05, 4.69) is 26.0 Å². The Morgan fingerprint density at radius 1 is 0.972 bits per heavy atom. The molecular weight excluding hydrogens is 576 g/mol. The molecular formula is C22H21BrN4O7S2. The number of hydrogen-bond acceptors (Lipinski definition) is 7. The topological polar surface area (TPSA) is 156 Å². The first-order chi connectivity index (χ1) is 16.8. The number of hydrogen-bond donors (Lipinski definition) is 2. The molecule has 3 rings (SSSR count). The van der Waals surface area contributed by atoms with Crippen LogP contribution in [0, 0.1) is 17.0 Å². The summed E-state index contributed by atoms with van der Waals surface area (Å²) in [5.74, 6) is -0.727. The highest BCUT2D eigenvalue weighted by Gasteiger charge is 2.24.